The van der Waals surface area contributed by atoms with Gasteiger partial charge in [-0.25, -0.2) is 4.98 Å². The molecule has 32 heavy (non-hydrogen) atoms. The zero-order chi connectivity index (χ0) is 22.1. The lowest BCUT2D eigenvalue weighted by molar-refractivity contribution is -0.384. The van der Waals surface area contributed by atoms with Gasteiger partial charge in [-0.1, -0.05) is 12.1 Å². The van der Waals surface area contributed by atoms with Crippen LogP contribution in [0.2, 0.25) is 0 Å². The van der Waals surface area contributed by atoms with Crippen LogP contribution in [0.1, 0.15) is 23.2 Å². The maximum atomic E-state index is 13.1. The second-order valence-electron chi connectivity index (χ2n) is 8.15. The fourth-order valence-electron chi connectivity index (χ4n) is 4.45. The summed E-state index contributed by atoms with van der Waals surface area (Å²) in [6.45, 7) is 3.94. The number of piperazine rings is 1. The van der Waals surface area contributed by atoms with Gasteiger partial charge in [0.15, 0.2) is 0 Å². The summed E-state index contributed by atoms with van der Waals surface area (Å²) in [7, 11) is 0. The molecule has 9 nitrogen and oxygen atoms in total. The molecule has 0 radical (unpaired) electrons. The van der Waals surface area contributed by atoms with Crippen LogP contribution in [0.25, 0.3) is 11.0 Å². The largest absolute Gasteiger partial charge is 0.366 e. The molecular formula is C23H24N6O3. The van der Waals surface area contributed by atoms with Gasteiger partial charge in [0.2, 0.25) is 0 Å². The Bertz CT molecular complexity index is 1170. The van der Waals surface area contributed by atoms with Crippen molar-refractivity contribution >= 4 is 34.1 Å². The number of anilines is 2. The van der Waals surface area contributed by atoms with Gasteiger partial charge in [0.05, 0.1) is 22.2 Å². The van der Waals surface area contributed by atoms with E-state index in [1.54, 1.807) is 23.2 Å². The van der Waals surface area contributed by atoms with Crippen LogP contribution < -0.4 is 9.80 Å². The summed E-state index contributed by atoms with van der Waals surface area (Å²) in [5.41, 5.74) is 2.66. The SMILES string of the molecule is O=C(c1ccc(N2CCCC2)c([N+](=O)[O-])c1)N1CCN(c2cnc3ccccc3n2)CC1. The lowest BCUT2D eigenvalue weighted by Crippen LogP contribution is -2.49. The number of carbonyl (C=O) groups excluding carboxylic acids is 1. The van der Waals surface area contributed by atoms with Gasteiger partial charge in [-0.05, 0) is 37.1 Å². The Morgan fingerprint density at radius 2 is 1.62 bits per heavy atom. The highest BCUT2D eigenvalue weighted by molar-refractivity contribution is 5.96. The number of hydrogen-bond acceptors (Lipinski definition) is 7. The van der Waals surface area contributed by atoms with Gasteiger partial charge in [-0.15, -0.1) is 0 Å². The molecule has 164 valence electrons. The minimum absolute atomic E-state index is 0.00261. The van der Waals surface area contributed by atoms with Crippen molar-refractivity contribution in [1.82, 2.24) is 14.9 Å². The van der Waals surface area contributed by atoms with E-state index < -0.39 is 0 Å². The van der Waals surface area contributed by atoms with E-state index in [4.69, 9.17) is 0 Å². The molecule has 0 atom stereocenters. The summed E-state index contributed by atoms with van der Waals surface area (Å²) in [6, 6.07) is 12.6. The van der Waals surface area contributed by atoms with Crippen molar-refractivity contribution in [3.05, 3.63) is 64.3 Å². The third-order valence-corrected chi connectivity index (χ3v) is 6.19. The molecule has 1 aromatic heterocycles. The number of hydrogen-bond donors (Lipinski definition) is 0. The van der Waals surface area contributed by atoms with Gasteiger partial charge < -0.3 is 14.7 Å². The molecule has 2 fully saturated rings. The summed E-state index contributed by atoms with van der Waals surface area (Å²) in [5, 5.41) is 11.7. The normalized spacial score (nSPS) is 16.6. The van der Waals surface area contributed by atoms with Crippen LogP contribution in [0, 0.1) is 10.1 Å². The fourth-order valence-corrected chi connectivity index (χ4v) is 4.45. The molecule has 3 aromatic rings. The average molecular weight is 432 g/mol. The number of nitro benzene ring substituents is 1. The van der Waals surface area contributed by atoms with E-state index >= 15 is 0 Å². The molecular weight excluding hydrogens is 408 g/mol. The number of nitrogens with zero attached hydrogens (tertiary/aromatic N) is 6. The molecule has 0 spiro atoms. The molecule has 2 aromatic carbocycles. The smallest absolute Gasteiger partial charge is 0.293 e. The molecule has 0 saturated carbocycles. The summed E-state index contributed by atoms with van der Waals surface area (Å²) >= 11 is 0. The van der Waals surface area contributed by atoms with E-state index in [2.05, 4.69) is 14.9 Å². The van der Waals surface area contributed by atoms with Crippen molar-refractivity contribution in [3.8, 4) is 0 Å². The second-order valence-corrected chi connectivity index (χ2v) is 8.15. The number of amides is 1. The molecule has 2 aliphatic rings. The van der Waals surface area contributed by atoms with Crippen molar-refractivity contribution in [1.29, 1.82) is 0 Å². The molecule has 0 aliphatic carbocycles. The van der Waals surface area contributed by atoms with Gasteiger partial charge >= 0.3 is 0 Å². The Morgan fingerprint density at radius 1 is 0.906 bits per heavy atom. The van der Waals surface area contributed by atoms with E-state index in [-0.39, 0.29) is 16.5 Å². The first-order valence-electron chi connectivity index (χ1n) is 10.9. The summed E-state index contributed by atoms with van der Waals surface area (Å²) in [5.74, 6) is 0.617. The maximum absolute atomic E-state index is 13.1. The van der Waals surface area contributed by atoms with E-state index in [1.165, 1.54) is 6.07 Å². The Morgan fingerprint density at radius 3 is 2.34 bits per heavy atom. The van der Waals surface area contributed by atoms with Crippen molar-refractivity contribution < 1.29 is 9.72 Å². The minimum atomic E-state index is -0.388. The summed E-state index contributed by atoms with van der Waals surface area (Å²) in [6.07, 6.45) is 3.83. The number of rotatable bonds is 4. The average Bonchev–Trinajstić information content (AvgIpc) is 3.38. The number of fused-ring (bicyclic) bond motifs is 1. The quantitative estimate of drug-likeness (QED) is 0.462. The van der Waals surface area contributed by atoms with Gasteiger partial charge in [0.25, 0.3) is 11.6 Å². The number of carbonyl (C=O) groups is 1. The van der Waals surface area contributed by atoms with Crippen LogP contribution in [0.5, 0.6) is 0 Å². The van der Waals surface area contributed by atoms with Crippen molar-refractivity contribution in [3.63, 3.8) is 0 Å². The first-order chi connectivity index (χ1) is 15.6. The van der Waals surface area contributed by atoms with Gasteiger partial charge in [-0.2, -0.15) is 0 Å². The van der Waals surface area contributed by atoms with Crippen LogP contribution in [-0.2, 0) is 0 Å². The second kappa shape index (κ2) is 8.41. The number of para-hydroxylation sites is 2. The highest BCUT2D eigenvalue weighted by Gasteiger charge is 2.27. The van der Waals surface area contributed by atoms with Gasteiger partial charge in [0.1, 0.15) is 11.5 Å². The molecule has 2 saturated heterocycles. The Kier molecular flexibility index (Phi) is 5.30. The van der Waals surface area contributed by atoms with Crippen LogP contribution in [-0.4, -0.2) is 65.0 Å². The highest BCUT2D eigenvalue weighted by Crippen LogP contribution is 2.32. The first-order valence-corrected chi connectivity index (χ1v) is 10.9. The summed E-state index contributed by atoms with van der Waals surface area (Å²) < 4.78 is 0. The van der Waals surface area contributed by atoms with Crippen molar-refractivity contribution in [2.24, 2.45) is 0 Å². The van der Waals surface area contributed by atoms with Crippen LogP contribution in [0.3, 0.4) is 0 Å². The molecule has 3 heterocycles. The fraction of sp³-hybridized carbons (Fsp3) is 0.348. The zero-order valence-corrected chi connectivity index (χ0v) is 17.7. The molecule has 9 heteroatoms. The molecule has 1 amide bonds. The topological polar surface area (TPSA) is 95.7 Å². The van der Waals surface area contributed by atoms with Gasteiger partial charge in [0, 0.05) is 50.9 Å². The molecule has 0 unspecified atom stereocenters. The third-order valence-electron chi connectivity index (χ3n) is 6.19. The van der Waals surface area contributed by atoms with E-state index in [0.29, 0.717) is 37.4 Å². The lowest BCUT2D eigenvalue weighted by atomic mass is 10.1. The van der Waals surface area contributed by atoms with Crippen LogP contribution in [0.4, 0.5) is 17.2 Å². The minimum Gasteiger partial charge on any atom is -0.366 e. The molecule has 5 rings (SSSR count). The Hall–Kier alpha value is -3.75. The van der Waals surface area contributed by atoms with Gasteiger partial charge in [-0.3, -0.25) is 19.9 Å². The predicted octanol–water partition coefficient (Wildman–Crippen LogP) is 3.10. The summed E-state index contributed by atoms with van der Waals surface area (Å²) in [4.78, 5) is 39.4. The molecule has 0 N–H and O–H groups in total. The van der Waals surface area contributed by atoms with Crippen molar-refractivity contribution in [2.45, 2.75) is 12.8 Å². The highest BCUT2D eigenvalue weighted by atomic mass is 16.6. The Balaban J connectivity index is 1.29. The molecule has 0 bridgehead atoms. The maximum Gasteiger partial charge on any atom is 0.293 e. The van der Waals surface area contributed by atoms with E-state index in [0.717, 1.165) is 42.8 Å². The van der Waals surface area contributed by atoms with Crippen LogP contribution in [0.15, 0.2) is 48.7 Å². The Labute approximate surface area is 185 Å². The predicted molar refractivity (Wildman–Crippen MR) is 122 cm³/mol. The number of aromatic nitrogens is 2. The van der Waals surface area contributed by atoms with Crippen molar-refractivity contribution in [2.75, 3.05) is 49.1 Å². The third kappa shape index (κ3) is 3.81. The van der Waals surface area contributed by atoms with Crippen LogP contribution >= 0.6 is 0 Å². The lowest BCUT2D eigenvalue weighted by Gasteiger charge is -2.35. The zero-order valence-electron chi connectivity index (χ0n) is 17.7. The monoisotopic (exact) mass is 432 g/mol. The number of nitro groups is 1. The molecule has 2 aliphatic heterocycles. The van der Waals surface area contributed by atoms with E-state index in [9.17, 15) is 14.9 Å². The number of benzene rings is 2. The first kappa shape index (κ1) is 20.2. The standard InChI is InChI=1S/C23H24N6O3/c30-23(17-7-8-20(21(15-17)29(31)32)26-9-3-4-10-26)28-13-11-27(12-14-28)22-16-24-18-5-1-2-6-19(18)25-22/h1-2,5-8,15-16H,3-4,9-14H2. The van der Waals surface area contributed by atoms with E-state index in [1.807, 2.05) is 29.2 Å².